The van der Waals surface area contributed by atoms with E-state index < -0.39 is 11.1 Å². The molecule has 0 spiro atoms. The number of rotatable bonds is 5. The molecule has 0 saturated heterocycles. The van der Waals surface area contributed by atoms with Gasteiger partial charge in [0.2, 0.25) is 0 Å². The molecule has 7 heteroatoms. The van der Waals surface area contributed by atoms with Crippen LogP contribution in [0.1, 0.15) is 29.5 Å². The molecule has 2 unspecified atom stereocenters. The van der Waals surface area contributed by atoms with E-state index in [1.54, 1.807) is 0 Å². The van der Waals surface area contributed by atoms with Gasteiger partial charge in [0.1, 0.15) is 6.10 Å². The predicted octanol–water partition coefficient (Wildman–Crippen LogP) is 3.41. The van der Waals surface area contributed by atoms with Crippen molar-refractivity contribution in [1.82, 2.24) is 0 Å². The minimum absolute atomic E-state index is 0.00835. The van der Waals surface area contributed by atoms with Crippen LogP contribution in [-0.4, -0.2) is 25.9 Å². The molecule has 20 heavy (non-hydrogen) atoms. The summed E-state index contributed by atoms with van der Waals surface area (Å²) in [6.45, 7) is 1.96. The summed E-state index contributed by atoms with van der Waals surface area (Å²) in [5, 5.41) is 5.01. The third-order valence-corrected chi connectivity index (χ3v) is 5.07. The van der Waals surface area contributed by atoms with Gasteiger partial charge in [-0.2, -0.15) is 0 Å². The van der Waals surface area contributed by atoms with Crippen molar-refractivity contribution in [2.45, 2.75) is 31.6 Å². The lowest BCUT2D eigenvalue weighted by molar-refractivity contribution is 0.0840. The molecule has 0 radical (unpaired) electrons. The van der Waals surface area contributed by atoms with Crippen molar-refractivity contribution in [1.29, 1.82) is 0 Å². The molecule has 1 aromatic rings. The largest absolute Gasteiger partial charge is 0.772 e. The number of benzene rings is 1. The zero-order valence-corrected chi connectivity index (χ0v) is 14.9. The van der Waals surface area contributed by atoms with E-state index in [1.165, 1.54) is 0 Å². The van der Waals surface area contributed by atoms with Crippen LogP contribution in [0, 0.1) is 6.92 Å². The first kappa shape index (κ1) is 16.1. The molecule has 0 saturated carbocycles. The van der Waals surface area contributed by atoms with Gasteiger partial charge < -0.3 is 9.39 Å². The first-order valence-electron chi connectivity index (χ1n) is 6.15. The third-order valence-electron chi connectivity index (χ3n) is 3.21. The average molecular weight is 424 g/mol. The van der Waals surface area contributed by atoms with Gasteiger partial charge in [0.15, 0.2) is 0 Å². The summed E-state index contributed by atoms with van der Waals surface area (Å²) in [6.07, 6.45) is 1.65. The Balaban J connectivity index is 2.35. The van der Waals surface area contributed by atoms with E-state index in [4.69, 9.17) is 4.84 Å². The molecule has 1 aliphatic heterocycles. The molecule has 110 valence electrons. The van der Waals surface area contributed by atoms with Crippen molar-refractivity contribution in [2.24, 2.45) is 5.16 Å². The highest BCUT2D eigenvalue weighted by molar-refractivity contribution is 9.10. The summed E-state index contributed by atoms with van der Waals surface area (Å²) in [5.74, 6) is -0.00835. The maximum atomic E-state index is 11.0. The molecule has 0 amide bonds. The van der Waals surface area contributed by atoms with Gasteiger partial charge in [-0.1, -0.05) is 54.2 Å². The van der Waals surface area contributed by atoms with E-state index >= 15 is 0 Å². The van der Waals surface area contributed by atoms with Gasteiger partial charge in [-0.3, -0.25) is 4.21 Å². The van der Waals surface area contributed by atoms with E-state index in [0.29, 0.717) is 6.42 Å². The van der Waals surface area contributed by atoms with Crippen LogP contribution in [-0.2, 0) is 21.7 Å². The Bertz CT molecular complexity index is 563. The molecule has 4 nitrogen and oxygen atoms in total. The predicted molar refractivity (Wildman–Crippen MR) is 85.9 cm³/mol. The second-order valence-corrected chi connectivity index (χ2v) is 7.15. The molecular formula is C13H14Br2NO3S-. The Morgan fingerprint density at radius 3 is 2.95 bits per heavy atom. The minimum Gasteiger partial charge on any atom is -0.772 e. The quantitative estimate of drug-likeness (QED) is 0.538. The van der Waals surface area contributed by atoms with Gasteiger partial charge in [-0.15, -0.1) is 0 Å². The van der Waals surface area contributed by atoms with Gasteiger partial charge in [0.25, 0.3) is 0 Å². The highest BCUT2D eigenvalue weighted by Gasteiger charge is 2.25. The summed E-state index contributed by atoms with van der Waals surface area (Å²) >= 11 is 4.75. The zero-order chi connectivity index (χ0) is 14.7. The van der Waals surface area contributed by atoms with Crippen LogP contribution in [0.2, 0.25) is 0 Å². The fraction of sp³-hybridized carbons (Fsp3) is 0.462. The molecule has 0 bridgehead atoms. The van der Waals surface area contributed by atoms with Gasteiger partial charge in [-0.25, -0.2) is 0 Å². The summed E-state index contributed by atoms with van der Waals surface area (Å²) < 4.78 is 23.0. The van der Waals surface area contributed by atoms with Crippen LogP contribution in [0.25, 0.3) is 0 Å². The molecule has 1 aliphatic rings. The summed E-state index contributed by atoms with van der Waals surface area (Å²) in [4.78, 5) is 5.40. The molecule has 0 fully saturated rings. The van der Waals surface area contributed by atoms with E-state index in [9.17, 15) is 8.76 Å². The molecule has 2 atom stereocenters. The van der Waals surface area contributed by atoms with E-state index in [1.807, 2.05) is 19.1 Å². The number of alkyl halides is 1. The number of hydrogen-bond donors (Lipinski definition) is 0. The fourth-order valence-corrected chi connectivity index (χ4v) is 3.58. The van der Waals surface area contributed by atoms with Crippen LogP contribution >= 0.6 is 31.9 Å². The van der Waals surface area contributed by atoms with Crippen molar-refractivity contribution in [3.63, 3.8) is 0 Å². The second-order valence-electron chi connectivity index (χ2n) is 4.60. The molecule has 2 rings (SSSR count). The number of hydrogen-bond acceptors (Lipinski definition) is 4. The smallest absolute Gasteiger partial charge is 0.134 e. The van der Waals surface area contributed by atoms with Gasteiger partial charge in [0, 0.05) is 27.5 Å². The zero-order valence-electron chi connectivity index (χ0n) is 10.9. The van der Waals surface area contributed by atoms with Crippen LogP contribution in [0.5, 0.6) is 0 Å². The Kier molecular flexibility index (Phi) is 5.77. The lowest BCUT2D eigenvalue weighted by atomic mass is 9.95. The molecule has 0 aliphatic carbocycles. The monoisotopic (exact) mass is 422 g/mol. The SMILES string of the molecule is Cc1c(Br)ccc(CS(=O)[O-])c1C1=NOC(CCBr)C1. The Hall–Kier alpha value is -0.240. The minimum atomic E-state index is -2.12. The summed E-state index contributed by atoms with van der Waals surface area (Å²) in [5.41, 5.74) is 3.48. The van der Waals surface area contributed by atoms with Crippen molar-refractivity contribution in [3.8, 4) is 0 Å². The number of halogens is 2. The first-order valence-corrected chi connectivity index (χ1v) is 9.31. The lowest BCUT2D eigenvalue weighted by Gasteiger charge is -2.15. The van der Waals surface area contributed by atoms with Crippen LogP contribution in [0.3, 0.4) is 0 Å². The maximum Gasteiger partial charge on any atom is 0.134 e. The summed E-state index contributed by atoms with van der Waals surface area (Å²) in [6, 6.07) is 3.69. The number of oxime groups is 1. The topological polar surface area (TPSA) is 61.7 Å². The van der Waals surface area contributed by atoms with E-state index in [-0.39, 0.29) is 11.9 Å². The average Bonchev–Trinajstić information content (AvgIpc) is 2.82. The highest BCUT2D eigenvalue weighted by Crippen LogP contribution is 2.29. The normalized spacial score (nSPS) is 19.6. The third kappa shape index (κ3) is 3.69. The van der Waals surface area contributed by atoms with Gasteiger partial charge in [-0.05, 0) is 30.5 Å². The van der Waals surface area contributed by atoms with Crippen LogP contribution in [0.15, 0.2) is 21.8 Å². The standard InChI is InChI=1S/C13H15Br2NO3S/c1-8-11(15)3-2-9(7-20(17)18)13(8)12-6-10(4-5-14)19-16-12/h2-3,10H,4-7H2,1H3,(H,17,18)/p-1. The molecular weight excluding hydrogens is 410 g/mol. The summed E-state index contributed by atoms with van der Waals surface area (Å²) in [7, 11) is 0. The van der Waals surface area contributed by atoms with Crippen molar-refractivity contribution < 1.29 is 13.6 Å². The molecule has 0 N–H and O–H groups in total. The van der Waals surface area contributed by atoms with Crippen molar-refractivity contribution >= 4 is 48.7 Å². The molecule has 0 aromatic heterocycles. The van der Waals surface area contributed by atoms with Crippen LogP contribution < -0.4 is 0 Å². The molecule has 1 heterocycles. The lowest BCUT2D eigenvalue weighted by Crippen LogP contribution is -2.12. The Morgan fingerprint density at radius 1 is 1.55 bits per heavy atom. The number of nitrogens with zero attached hydrogens (tertiary/aromatic N) is 1. The van der Waals surface area contributed by atoms with Crippen molar-refractivity contribution in [2.75, 3.05) is 5.33 Å². The van der Waals surface area contributed by atoms with Crippen LogP contribution in [0.4, 0.5) is 0 Å². The highest BCUT2D eigenvalue weighted by atomic mass is 79.9. The van der Waals surface area contributed by atoms with E-state index in [2.05, 4.69) is 37.0 Å². The Morgan fingerprint density at radius 2 is 2.30 bits per heavy atom. The first-order chi connectivity index (χ1) is 9.52. The maximum absolute atomic E-state index is 11.0. The second kappa shape index (κ2) is 7.15. The van der Waals surface area contributed by atoms with E-state index in [0.717, 1.165) is 38.6 Å². The fourth-order valence-electron chi connectivity index (χ4n) is 2.24. The molecule has 1 aromatic carbocycles. The van der Waals surface area contributed by atoms with Crippen molar-refractivity contribution in [3.05, 3.63) is 33.3 Å². The van der Waals surface area contributed by atoms with Gasteiger partial charge in [0.05, 0.1) is 5.71 Å². The van der Waals surface area contributed by atoms with Gasteiger partial charge >= 0.3 is 0 Å². The Labute approximate surface area is 137 Å².